The molecule has 1 aliphatic rings. The van der Waals surface area contributed by atoms with Crippen molar-refractivity contribution in [2.45, 2.75) is 26.2 Å². The van der Waals surface area contributed by atoms with Crippen molar-refractivity contribution in [3.05, 3.63) is 51.0 Å². The smallest absolute Gasteiger partial charge is 0.338 e. The largest absolute Gasteiger partial charge is 0.496 e. The SMILES string of the molecule is CCOC(=O)C1=C(CC)OC(N)=C(C#N)[C@H]1c1ccc(OC)c(Br)c1. The third-order valence-corrected chi connectivity index (χ3v) is 4.44. The molecule has 0 unspecified atom stereocenters. The summed E-state index contributed by atoms with van der Waals surface area (Å²) in [5, 5.41) is 9.57. The van der Waals surface area contributed by atoms with Gasteiger partial charge in [0.1, 0.15) is 23.2 Å². The number of esters is 1. The van der Waals surface area contributed by atoms with Crippen LogP contribution in [0.1, 0.15) is 31.7 Å². The average Bonchev–Trinajstić information content (AvgIpc) is 2.60. The van der Waals surface area contributed by atoms with Crippen molar-refractivity contribution in [1.29, 1.82) is 5.26 Å². The molecule has 1 aliphatic heterocycles. The molecule has 0 amide bonds. The van der Waals surface area contributed by atoms with Crippen LogP contribution in [0.4, 0.5) is 0 Å². The molecule has 132 valence electrons. The van der Waals surface area contributed by atoms with Gasteiger partial charge in [0, 0.05) is 6.42 Å². The van der Waals surface area contributed by atoms with Gasteiger partial charge in [0.05, 0.1) is 29.7 Å². The zero-order valence-corrected chi connectivity index (χ0v) is 15.8. The molecule has 0 bridgehead atoms. The van der Waals surface area contributed by atoms with Gasteiger partial charge in [-0.2, -0.15) is 5.26 Å². The highest BCUT2D eigenvalue weighted by Crippen LogP contribution is 2.42. The van der Waals surface area contributed by atoms with E-state index in [1.54, 1.807) is 32.2 Å². The van der Waals surface area contributed by atoms with Crippen LogP contribution in [0.3, 0.4) is 0 Å². The van der Waals surface area contributed by atoms with Crippen LogP contribution < -0.4 is 10.5 Å². The first kappa shape index (κ1) is 18.9. The molecule has 0 spiro atoms. The van der Waals surface area contributed by atoms with Gasteiger partial charge in [-0.1, -0.05) is 13.0 Å². The number of nitrogens with two attached hydrogens (primary N) is 1. The normalized spacial score (nSPS) is 17.0. The molecule has 2 N–H and O–H groups in total. The lowest BCUT2D eigenvalue weighted by Crippen LogP contribution is -2.26. The fourth-order valence-corrected chi connectivity index (χ4v) is 3.27. The summed E-state index contributed by atoms with van der Waals surface area (Å²) >= 11 is 3.43. The van der Waals surface area contributed by atoms with Gasteiger partial charge in [0.2, 0.25) is 5.88 Å². The van der Waals surface area contributed by atoms with Crippen molar-refractivity contribution in [1.82, 2.24) is 0 Å². The van der Waals surface area contributed by atoms with E-state index < -0.39 is 11.9 Å². The number of rotatable bonds is 5. The lowest BCUT2D eigenvalue weighted by Gasteiger charge is -2.28. The second kappa shape index (κ2) is 8.08. The van der Waals surface area contributed by atoms with E-state index in [1.165, 1.54) is 0 Å². The quantitative estimate of drug-likeness (QED) is 0.751. The maximum absolute atomic E-state index is 12.6. The Hall–Kier alpha value is -2.46. The number of carbonyl (C=O) groups is 1. The van der Waals surface area contributed by atoms with E-state index in [-0.39, 0.29) is 18.1 Å². The Morgan fingerprint density at radius 1 is 1.44 bits per heavy atom. The Labute approximate surface area is 155 Å². The maximum Gasteiger partial charge on any atom is 0.338 e. The van der Waals surface area contributed by atoms with Crippen molar-refractivity contribution in [2.24, 2.45) is 5.73 Å². The molecular formula is C18H19BrN2O4. The van der Waals surface area contributed by atoms with Crippen molar-refractivity contribution in [2.75, 3.05) is 13.7 Å². The van der Waals surface area contributed by atoms with Crippen LogP contribution in [0.5, 0.6) is 5.75 Å². The Balaban J connectivity index is 2.66. The van der Waals surface area contributed by atoms with E-state index in [0.717, 1.165) is 0 Å². The highest BCUT2D eigenvalue weighted by Gasteiger charge is 2.37. The third-order valence-electron chi connectivity index (χ3n) is 3.82. The summed E-state index contributed by atoms with van der Waals surface area (Å²) < 4.78 is 16.7. The van der Waals surface area contributed by atoms with Gasteiger partial charge >= 0.3 is 5.97 Å². The molecule has 1 aromatic carbocycles. The lowest BCUT2D eigenvalue weighted by molar-refractivity contribution is -0.139. The number of carbonyl (C=O) groups excluding carboxylic acids is 1. The number of methoxy groups -OCH3 is 1. The third kappa shape index (κ3) is 3.64. The van der Waals surface area contributed by atoms with Gasteiger partial charge in [-0.05, 0) is 40.5 Å². The van der Waals surface area contributed by atoms with Crippen LogP contribution in [0.25, 0.3) is 0 Å². The zero-order chi connectivity index (χ0) is 18.6. The number of hydrogen-bond acceptors (Lipinski definition) is 6. The topological polar surface area (TPSA) is 94.6 Å². The average molecular weight is 407 g/mol. The number of ether oxygens (including phenoxy) is 3. The molecule has 0 saturated heterocycles. The van der Waals surface area contributed by atoms with Crippen molar-refractivity contribution < 1.29 is 19.0 Å². The van der Waals surface area contributed by atoms with Crippen LogP contribution >= 0.6 is 15.9 Å². The first-order chi connectivity index (χ1) is 12.0. The second-order valence-electron chi connectivity index (χ2n) is 5.23. The highest BCUT2D eigenvalue weighted by atomic mass is 79.9. The van der Waals surface area contributed by atoms with Crippen molar-refractivity contribution >= 4 is 21.9 Å². The molecule has 0 aromatic heterocycles. The summed E-state index contributed by atoms with van der Waals surface area (Å²) in [5.41, 5.74) is 7.11. The first-order valence-electron chi connectivity index (χ1n) is 7.79. The minimum atomic E-state index is -0.657. The van der Waals surface area contributed by atoms with Crippen LogP contribution in [0.15, 0.2) is 45.5 Å². The number of benzene rings is 1. The molecule has 0 radical (unpaired) electrons. The van der Waals surface area contributed by atoms with Crippen LogP contribution in [0, 0.1) is 11.3 Å². The van der Waals surface area contributed by atoms with Gasteiger partial charge in [0.15, 0.2) is 0 Å². The van der Waals surface area contributed by atoms with Crippen LogP contribution in [-0.2, 0) is 14.3 Å². The van der Waals surface area contributed by atoms with E-state index in [2.05, 4.69) is 22.0 Å². The molecule has 2 rings (SSSR count). The number of halogens is 1. The molecule has 7 heteroatoms. The van der Waals surface area contributed by atoms with Crippen LogP contribution in [0.2, 0.25) is 0 Å². The molecule has 1 atom stereocenters. The molecule has 1 aromatic rings. The highest BCUT2D eigenvalue weighted by molar-refractivity contribution is 9.10. The molecule has 1 heterocycles. The summed E-state index contributed by atoms with van der Waals surface area (Å²) in [6.07, 6.45) is 0.446. The number of hydrogen-bond donors (Lipinski definition) is 1. The minimum absolute atomic E-state index is 0.00402. The zero-order valence-electron chi connectivity index (χ0n) is 14.3. The summed E-state index contributed by atoms with van der Waals surface area (Å²) in [6, 6.07) is 7.41. The summed E-state index contributed by atoms with van der Waals surface area (Å²) in [5.74, 6) is -0.119. The van der Waals surface area contributed by atoms with Crippen molar-refractivity contribution in [3.8, 4) is 11.8 Å². The first-order valence-corrected chi connectivity index (χ1v) is 8.58. The van der Waals surface area contributed by atoms with Gasteiger partial charge in [-0.15, -0.1) is 0 Å². The predicted octanol–water partition coefficient (Wildman–Crippen LogP) is 3.49. The Kier molecular flexibility index (Phi) is 6.10. The van der Waals surface area contributed by atoms with Gasteiger partial charge in [-0.3, -0.25) is 0 Å². The van der Waals surface area contributed by atoms with E-state index in [9.17, 15) is 10.1 Å². The van der Waals surface area contributed by atoms with E-state index >= 15 is 0 Å². The molecule has 0 fully saturated rings. The molecule has 25 heavy (non-hydrogen) atoms. The number of nitrogens with zero attached hydrogens (tertiary/aromatic N) is 1. The summed E-state index contributed by atoms with van der Waals surface area (Å²) in [7, 11) is 1.56. The Morgan fingerprint density at radius 3 is 2.68 bits per heavy atom. The maximum atomic E-state index is 12.6. The monoisotopic (exact) mass is 406 g/mol. The fourth-order valence-electron chi connectivity index (χ4n) is 2.71. The van der Waals surface area contributed by atoms with Crippen molar-refractivity contribution in [3.63, 3.8) is 0 Å². The summed E-state index contributed by atoms with van der Waals surface area (Å²) in [4.78, 5) is 12.6. The van der Waals surface area contributed by atoms with Gasteiger partial charge in [0.25, 0.3) is 0 Å². The second-order valence-corrected chi connectivity index (χ2v) is 6.08. The lowest BCUT2D eigenvalue weighted by atomic mass is 9.82. The molecule has 6 nitrogen and oxygen atoms in total. The van der Waals surface area contributed by atoms with Gasteiger partial charge in [-0.25, -0.2) is 4.79 Å². The Morgan fingerprint density at radius 2 is 2.16 bits per heavy atom. The van der Waals surface area contributed by atoms with Gasteiger partial charge < -0.3 is 19.9 Å². The molecular weight excluding hydrogens is 388 g/mol. The van der Waals surface area contributed by atoms with E-state index in [0.29, 0.717) is 33.5 Å². The number of nitriles is 1. The molecule has 0 saturated carbocycles. The minimum Gasteiger partial charge on any atom is -0.496 e. The van der Waals surface area contributed by atoms with E-state index in [1.807, 2.05) is 6.92 Å². The van der Waals surface area contributed by atoms with Crippen LogP contribution in [-0.4, -0.2) is 19.7 Å². The fraction of sp³-hybridized carbons (Fsp3) is 0.333. The predicted molar refractivity (Wildman–Crippen MR) is 95.3 cm³/mol. The molecule has 0 aliphatic carbocycles. The number of allylic oxidation sites excluding steroid dienone is 2. The standard InChI is InChI=1S/C18H19BrN2O4/c1-4-13-16(18(22)24-5-2)15(11(9-20)17(21)25-13)10-6-7-14(23-3)12(19)8-10/h6-8,15H,4-5,21H2,1-3H3/t15-/m1/s1. The van der Waals surface area contributed by atoms with E-state index in [4.69, 9.17) is 19.9 Å². The Bertz CT molecular complexity index is 793. The summed E-state index contributed by atoms with van der Waals surface area (Å²) in [6.45, 7) is 3.79.